The zero-order valence-corrected chi connectivity index (χ0v) is 11.5. The molecule has 3 rings (SSSR count). The maximum atomic E-state index is 11.5. The van der Waals surface area contributed by atoms with E-state index in [0.29, 0.717) is 5.82 Å². The third-order valence-electron chi connectivity index (χ3n) is 3.12. The van der Waals surface area contributed by atoms with Crippen LogP contribution in [0.4, 0.5) is 5.82 Å². The predicted octanol–water partition coefficient (Wildman–Crippen LogP) is 0.515. The number of carbonyl (C=O) groups is 1. The molecule has 2 heterocycles. The zero-order chi connectivity index (χ0) is 15.5. The van der Waals surface area contributed by atoms with Crippen molar-refractivity contribution in [2.45, 2.75) is 0 Å². The Morgan fingerprint density at radius 3 is 2.50 bits per heavy atom. The van der Waals surface area contributed by atoms with Gasteiger partial charge < -0.3 is 5.73 Å². The molecule has 3 aromatic rings. The largest absolute Gasteiger partial charge is 0.383 e. The normalized spacial score (nSPS) is 10.4. The second-order valence-electron chi connectivity index (χ2n) is 4.47. The molecule has 0 bridgehead atoms. The summed E-state index contributed by atoms with van der Waals surface area (Å²) in [5.41, 5.74) is 9.75. The van der Waals surface area contributed by atoms with Crippen LogP contribution < -0.4 is 17.0 Å². The molecule has 1 aromatic carbocycles. The number of hydrogen-bond donors (Lipinski definition) is 3. The van der Waals surface area contributed by atoms with Gasteiger partial charge in [-0.3, -0.25) is 10.2 Å². The van der Waals surface area contributed by atoms with Crippen LogP contribution in [0, 0.1) is 0 Å². The second-order valence-corrected chi connectivity index (χ2v) is 4.47. The molecule has 0 spiro atoms. The number of hydrogen-bond acceptors (Lipinski definition) is 6. The molecule has 2 aromatic heterocycles. The summed E-state index contributed by atoms with van der Waals surface area (Å²) in [6, 6.07) is 13.2. The van der Waals surface area contributed by atoms with E-state index in [9.17, 15) is 4.79 Å². The molecule has 0 saturated carbocycles. The van der Waals surface area contributed by atoms with Crippen LogP contribution in [0.25, 0.3) is 17.1 Å². The van der Waals surface area contributed by atoms with Crippen LogP contribution in [0.3, 0.4) is 0 Å². The monoisotopic (exact) mass is 295 g/mol. The van der Waals surface area contributed by atoms with Crippen LogP contribution >= 0.6 is 0 Å². The van der Waals surface area contributed by atoms with Crippen molar-refractivity contribution in [3.63, 3.8) is 0 Å². The Bertz CT molecular complexity index is 796. The van der Waals surface area contributed by atoms with Crippen LogP contribution in [0.15, 0.2) is 48.7 Å². The van der Waals surface area contributed by atoms with Gasteiger partial charge in [0.25, 0.3) is 5.91 Å². The Morgan fingerprint density at radius 1 is 1.09 bits per heavy atom. The van der Waals surface area contributed by atoms with Gasteiger partial charge in [0.2, 0.25) is 0 Å². The van der Waals surface area contributed by atoms with E-state index in [4.69, 9.17) is 11.6 Å². The molecule has 0 radical (unpaired) electrons. The quantitative estimate of drug-likeness (QED) is 0.367. The molecule has 0 aliphatic heterocycles. The summed E-state index contributed by atoms with van der Waals surface area (Å²) in [6.45, 7) is 0. The van der Waals surface area contributed by atoms with Crippen LogP contribution in [0.1, 0.15) is 10.4 Å². The fraction of sp³-hybridized carbons (Fsp3) is 0. The fourth-order valence-corrected chi connectivity index (χ4v) is 1.99. The van der Waals surface area contributed by atoms with Crippen molar-refractivity contribution in [3.05, 3.63) is 54.2 Å². The van der Waals surface area contributed by atoms with E-state index in [1.807, 2.05) is 41.8 Å². The van der Waals surface area contributed by atoms with Crippen molar-refractivity contribution in [2.75, 3.05) is 5.73 Å². The fourth-order valence-electron chi connectivity index (χ4n) is 1.99. The number of nitrogens with two attached hydrogens (primary N) is 2. The minimum Gasteiger partial charge on any atom is -0.383 e. The Balaban J connectivity index is 1.94. The highest BCUT2D eigenvalue weighted by molar-refractivity contribution is 5.98. The van der Waals surface area contributed by atoms with Crippen molar-refractivity contribution in [1.29, 1.82) is 0 Å². The topological polar surface area (TPSA) is 125 Å². The number of rotatable bonds is 3. The number of anilines is 1. The first kappa shape index (κ1) is 13.7. The average Bonchev–Trinajstić information content (AvgIpc) is 2.97. The smallest absolute Gasteiger partial charge is 0.270 e. The number of nitrogens with zero attached hydrogens (tertiary/aromatic N) is 4. The molecule has 0 atom stereocenters. The molecule has 1 amide bonds. The first-order chi connectivity index (χ1) is 10.7. The van der Waals surface area contributed by atoms with Gasteiger partial charge in [-0.15, -0.1) is 10.2 Å². The Hall–Kier alpha value is -3.26. The van der Waals surface area contributed by atoms with E-state index in [1.165, 1.54) is 10.9 Å². The van der Waals surface area contributed by atoms with Gasteiger partial charge in [0.05, 0.1) is 11.9 Å². The summed E-state index contributed by atoms with van der Waals surface area (Å²) in [5, 5.41) is 12.3. The number of amides is 1. The zero-order valence-electron chi connectivity index (χ0n) is 11.5. The average molecular weight is 295 g/mol. The summed E-state index contributed by atoms with van der Waals surface area (Å²) in [5.74, 6) is 5.12. The second kappa shape index (κ2) is 5.62. The van der Waals surface area contributed by atoms with Gasteiger partial charge in [-0.2, -0.15) is 9.78 Å². The van der Waals surface area contributed by atoms with Crippen molar-refractivity contribution in [2.24, 2.45) is 5.84 Å². The van der Waals surface area contributed by atoms with Crippen molar-refractivity contribution in [1.82, 2.24) is 25.4 Å². The minimum atomic E-state index is -0.516. The van der Waals surface area contributed by atoms with E-state index >= 15 is 0 Å². The lowest BCUT2D eigenvalue weighted by molar-refractivity contribution is 0.0954. The molecule has 0 fully saturated rings. The van der Waals surface area contributed by atoms with Gasteiger partial charge in [-0.1, -0.05) is 30.3 Å². The van der Waals surface area contributed by atoms with Gasteiger partial charge in [-0.05, 0) is 12.1 Å². The molecule has 110 valence electrons. The number of benzene rings is 1. The summed E-state index contributed by atoms with van der Waals surface area (Å²) in [6.07, 6.45) is 1.32. The molecule has 8 nitrogen and oxygen atoms in total. The van der Waals surface area contributed by atoms with Crippen LogP contribution in [-0.4, -0.2) is 25.9 Å². The maximum Gasteiger partial charge on any atom is 0.270 e. The molecule has 0 aliphatic rings. The van der Waals surface area contributed by atoms with Gasteiger partial charge in [0.1, 0.15) is 11.4 Å². The number of aromatic nitrogens is 4. The van der Waals surface area contributed by atoms with E-state index in [1.54, 1.807) is 6.07 Å². The Kier molecular flexibility index (Phi) is 3.50. The molecule has 0 unspecified atom stereocenters. The molecule has 0 aliphatic carbocycles. The van der Waals surface area contributed by atoms with Gasteiger partial charge in [0.15, 0.2) is 5.82 Å². The van der Waals surface area contributed by atoms with Gasteiger partial charge >= 0.3 is 0 Å². The summed E-state index contributed by atoms with van der Waals surface area (Å²) in [4.78, 5) is 11.5. The lowest BCUT2D eigenvalue weighted by atomic mass is 10.1. The minimum absolute atomic E-state index is 0.143. The molecule has 8 heteroatoms. The van der Waals surface area contributed by atoms with Gasteiger partial charge in [-0.25, -0.2) is 5.84 Å². The van der Waals surface area contributed by atoms with Crippen molar-refractivity contribution in [3.8, 4) is 17.1 Å². The van der Waals surface area contributed by atoms with Crippen LogP contribution in [0.5, 0.6) is 0 Å². The van der Waals surface area contributed by atoms with Gasteiger partial charge in [0, 0.05) is 5.56 Å². The van der Waals surface area contributed by atoms with E-state index in [2.05, 4.69) is 15.3 Å². The molecular formula is C14H13N7O. The van der Waals surface area contributed by atoms with E-state index in [-0.39, 0.29) is 11.4 Å². The summed E-state index contributed by atoms with van der Waals surface area (Å²) >= 11 is 0. The van der Waals surface area contributed by atoms with Crippen molar-refractivity contribution >= 4 is 11.7 Å². The number of hydrazine groups is 1. The van der Waals surface area contributed by atoms with E-state index in [0.717, 1.165) is 11.3 Å². The first-order valence-electron chi connectivity index (χ1n) is 6.44. The molecule has 22 heavy (non-hydrogen) atoms. The lowest BCUT2D eigenvalue weighted by Crippen LogP contribution is -2.30. The number of nitrogens with one attached hydrogen (secondary N) is 1. The molecule has 0 saturated heterocycles. The third-order valence-corrected chi connectivity index (χ3v) is 3.12. The maximum absolute atomic E-state index is 11.5. The number of nitrogen functional groups attached to an aromatic ring is 2. The predicted molar refractivity (Wildman–Crippen MR) is 80.7 cm³/mol. The Morgan fingerprint density at radius 2 is 1.86 bits per heavy atom. The Labute approximate surface area is 125 Å². The third kappa shape index (κ3) is 2.38. The number of carbonyl (C=O) groups excluding carboxylic acids is 1. The molecular weight excluding hydrogens is 282 g/mol. The highest BCUT2D eigenvalue weighted by Gasteiger charge is 2.16. The first-order valence-corrected chi connectivity index (χ1v) is 6.44. The summed E-state index contributed by atoms with van der Waals surface area (Å²) in [7, 11) is 0. The van der Waals surface area contributed by atoms with Crippen LogP contribution in [0.2, 0.25) is 0 Å². The standard InChI is InChI=1S/C14H13N7O/c15-13-10(14(22)18-16)8-17-21(13)12-7-6-11(19-20-12)9-4-2-1-3-5-9/h1-8H,15-16H2,(H,18,22). The highest BCUT2D eigenvalue weighted by Crippen LogP contribution is 2.18. The van der Waals surface area contributed by atoms with Crippen molar-refractivity contribution < 1.29 is 4.79 Å². The van der Waals surface area contributed by atoms with E-state index < -0.39 is 5.91 Å². The SMILES string of the molecule is NNC(=O)c1cnn(-c2ccc(-c3ccccc3)nn2)c1N. The summed E-state index contributed by atoms with van der Waals surface area (Å²) < 4.78 is 1.33. The van der Waals surface area contributed by atoms with Crippen LogP contribution in [-0.2, 0) is 0 Å². The molecule has 5 N–H and O–H groups in total. The lowest BCUT2D eigenvalue weighted by Gasteiger charge is -2.04. The highest BCUT2D eigenvalue weighted by atomic mass is 16.2.